The molecule has 1 N–H and O–H groups in total. The van der Waals surface area contributed by atoms with Crippen molar-refractivity contribution in [1.82, 2.24) is 15.2 Å². The van der Waals surface area contributed by atoms with Crippen LogP contribution in [0.15, 0.2) is 42.7 Å². The summed E-state index contributed by atoms with van der Waals surface area (Å²) < 4.78 is 0. The molecule has 4 nitrogen and oxygen atoms in total. The van der Waals surface area contributed by atoms with Crippen LogP contribution in [0.5, 0.6) is 0 Å². The zero-order valence-electron chi connectivity index (χ0n) is 7.59. The molecule has 0 radical (unpaired) electrons. The predicted octanol–water partition coefficient (Wildman–Crippen LogP) is 1.48. The second-order valence-corrected chi connectivity index (χ2v) is 2.78. The third kappa shape index (κ3) is 2.26. The minimum atomic E-state index is 0.666. The summed E-state index contributed by atoms with van der Waals surface area (Å²) in [5, 5.41) is 10.8. The van der Waals surface area contributed by atoms with Crippen molar-refractivity contribution in [3.05, 3.63) is 48.4 Å². The van der Waals surface area contributed by atoms with Gasteiger partial charge in [-0.3, -0.25) is 4.98 Å². The van der Waals surface area contributed by atoms with Gasteiger partial charge in [0.1, 0.15) is 5.82 Å². The Bertz CT molecular complexity index is 334. The van der Waals surface area contributed by atoms with Gasteiger partial charge in [-0.15, -0.1) is 5.10 Å². The molecule has 0 saturated heterocycles. The molecule has 0 saturated carbocycles. The molecule has 0 spiro atoms. The smallest absolute Gasteiger partial charge is 0.148 e. The van der Waals surface area contributed by atoms with Crippen LogP contribution in [-0.4, -0.2) is 15.2 Å². The molecule has 2 aromatic rings. The van der Waals surface area contributed by atoms with Crippen LogP contribution < -0.4 is 5.32 Å². The van der Waals surface area contributed by atoms with E-state index in [1.165, 1.54) is 0 Å². The van der Waals surface area contributed by atoms with Gasteiger partial charge in [-0.1, -0.05) is 6.07 Å². The van der Waals surface area contributed by atoms with Crippen LogP contribution in [0.2, 0.25) is 0 Å². The van der Waals surface area contributed by atoms with Crippen LogP contribution in [-0.2, 0) is 6.54 Å². The average molecular weight is 186 g/mol. The Balaban J connectivity index is 1.96. The maximum absolute atomic E-state index is 4.18. The number of hydrogen-bond donors (Lipinski definition) is 1. The summed E-state index contributed by atoms with van der Waals surface area (Å²) in [5.41, 5.74) is 0.984. The third-order valence-electron chi connectivity index (χ3n) is 1.75. The van der Waals surface area contributed by atoms with Crippen LogP contribution in [0.3, 0.4) is 0 Å². The summed E-state index contributed by atoms with van der Waals surface area (Å²) in [7, 11) is 0. The Hall–Kier alpha value is -1.97. The number of aromatic nitrogens is 3. The highest BCUT2D eigenvalue weighted by Gasteiger charge is 1.93. The highest BCUT2D eigenvalue weighted by molar-refractivity contribution is 5.32. The summed E-state index contributed by atoms with van der Waals surface area (Å²) in [5.74, 6) is 0.762. The molecule has 4 heteroatoms. The summed E-state index contributed by atoms with van der Waals surface area (Å²) in [6.45, 7) is 0.666. The standard InChI is InChI=1S/C10H10N4/c1-2-6-11-9(4-1)8-12-10-5-3-7-13-14-10/h1-7H,8H2,(H,12,14). The number of rotatable bonds is 3. The summed E-state index contributed by atoms with van der Waals surface area (Å²) >= 11 is 0. The summed E-state index contributed by atoms with van der Waals surface area (Å²) in [6.07, 6.45) is 3.42. The lowest BCUT2D eigenvalue weighted by Crippen LogP contribution is -2.02. The van der Waals surface area contributed by atoms with E-state index in [0.717, 1.165) is 11.5 Å². The first-order chi connectivity index (χ1) is 6.95. The fraction of sp³-hybridized carbons (Fsp3) is 0.100. The lowest BCUT2D eigenvalue weighted by atomic mass is 10.3. The SMILES string of the molecule is c1ccc(CNc2cccnn2)nc1. The minimum absolute atomic E-state index is 0.666. The van der Waals surface area contributed by atoms with Crippen molar-refractivity contribution in [3.63, 3.8) is 0 Å². The second-order valence-electron chi connectivity index (χ2n) is 2.78. The molecule has 0 bridgehead atoms. The van der Waals surface area contributed by atoms with E-state index in [4.69, 9.17) is 0 Å². The van der Waals surface area contributed by atoms with Crippen molar-refractivity contribution in [3.8, 4) is 0 Å². The van der Waals surface area contributed by atoms with Crippen molar-refractivity contribution in [2.45, 2.75) is 6.54 Å². The lowest BCUT2D eigenvalue weighted by molar-refractivity contribution is 0.977. The highest BCUT2D eigenvalue weighted by atomic mass is 15.2. The van der Waals surface area contributed by atoms with Gasteiger partial charge < -0.3 is 5.32 Å². The zero-order valence-corrected chi connectivity index (χ0v) is 7.59. The van der Waals surface area contributed by atoms with Crippen molar-refractivity contribution >= 4 is 5.82 Å². The van der Waals surface area contributed by atoms with Gasteiger partial charge in [0.2, 0.25) is 0 Å². The van der Waals surface area contributed by atoms with E-state index in [1.54, 1.807) is 12.4 Å². The lowest BCUT2D eigenvalue weighted by Gasteiger charge is -2.02. The molecule has 70 valence electrons. The first-order valence-electron chi connectivity index (χ1n) is 4.36. The molecule has 2 aromatic heterocycles. The quantitative estimate of drug-likeness (QED) is 0.788. The first-order valence-corrected chi connectivity index (χ1v) is 4.36. The first kappa shape index (κ1) is 8.62. The monoisotopic (exact) mass is 186 g/mol. The molecule has 0 unspecified atom stereocenters. The maximum atomic E-state index is 4.18. The fourth-order valence-electron chi connectivity index (χ4n) is 1.08. The molecule has 0 fully saturated rings. The average Bonchev–Trinajstić information content (AvgIpc) is 2.29. The normalized spacial score (nSPS) is 9.71. The van der Waals surface area contributed by atoms with E-state index in [0.29, 0.717) is 6.54 Å². The molecule has 14 heavy (non-hydrogen) atoms. The van der Waals surface area contributed by atoms with Gasteiger partial charge in [0, 0.05) is 12.4 Å². The molecule has 0 amide bonds. The van der Waals surface area contributed by atoms with Crippen LogP contribution in [0.25, 0.3) is 0 Å². The Kier molecular flexibility index (Phi) is 2.66. The van der Waals surface area contributed by atoms with Crippen molar-refractivity contribution in [2.24, 2.45) is 0 Å². The van der Waals surface area contributed by atoms with E-state index < -0.39 is 0 Å². The molecular weight excluding hydrogens is 176 g/mol. The molecule has 0 atom stereocenters. The van der Waals surface area contributed by atoms with Gasteiger partial charge in [0.05, 0.1) is 12.2 Å². The minimum Gasteiger partial charge on any atom is -0.363 e. The zero-order chi connectivity index (χ0) is 9.64. The number of anilines is 1. The molecule has 0 aliphatic rings. The molecule has 2 rings (SSSR count). The van der Waals surface area contributed by atoms with Crippen LogP contribution >= 0.6 is 0 Å². The molecule has 0 aromatic carbocycles. The highest BCUT2D eigenvalue weighted by Crippen LogP contribution is 2.01. The number of nitrogens with zero attached hydrogens (tertiary/aromatic N) is 3. The van der Waals surface area contributed by atoms with E-state index >= 15 is 0 Å². The Morgan fingerprint density at radius 2 is 2.07 bits per heavy atom. The largest absolute Gasteiger partial charge is 0.363 e. The Morgan fingerprint density at radius 1 is 1.07 bits per heavy atom. The van der Waals surface area contributed by atoms with Crippen LogP contribution in [0.4, 0.5) is 5.82 Å². The summed E-state index contributed by atoms with van der Waals surface area (Å²) in [4.78, 5) is 4.18. The number of hydrogen-bond acceptors (Lipinski definition) is 4. The van der Waals surface area contributed by atoms with Gasteiger partial charge >= 0.3 is 0 Å². The van der Waals surface area contributed by atoms with Gasteiger partial charge in [0.25, 0.3) is 0 Å². The summed E-state index contributed by atoms with van der Waals surface area (Å²) in [6, 6.07) is 9.53. The maximum Gasteiger partial charge on any atom is 0.148 e. The van der Waals surface area contributed by atoms with Gasteiger partial charge in [0.15, 0.2) is 0 Å². The van der Waals surface area contributed by atoms with Crippen molar-refractivity contribution in [2.75, 3.05) is 5.32 Å². The van der Waals surface area contributed by atoms with E-state index in [-0.39, 0.29) is 0 Å². The predicted molar refractivity (Wildman–Crippen MR) is 53.6 cm³/mol. The number of nitrogens with one attached hydrogen (secondary N) is 1. The van der Waals surface area contributed by atoms with Crippen molar-refractivity contribution in [1.29, 1.82) is 0 Å². The van der Waals surface area contributed by atoms with Crippen LogP contribution in [0, 0.1) is 0 Å². The second kappa shape index (κ2) is 4.32. The molecule has 2 heterocycles. The van der Waals surface area contributed by atoms with E-state index in [1.807, 2.05) is 30.3 Å². The van der Waals surface area contributed by atoms with Gasteiger partial charge in [-0.05, 0) is 24.3 Å². The van der Waals surface area contributed by atoms with Gasteiger partial charge in [-0.2, -0.15) is 5.10 Å². The third-order valence-corrected chi connectivity index (χ3v) is 1.75. The number of pyridine rings is 1. The van der Waals surface area contributed by atoms with Crippen LogP contribution in [0.1, 0.15) is 5.69 Å². The van der Waals surface area contributed by atoms with E-state index in [9.17, 15) is 0 Å². The Labute approximate surface area is 82.0 Å². The fourth-order valence-corrected chi connectivity index (χ4v) is 1.08. The van der Waals surface area contributed by atoms with E-state index in [2.05, 4.69) is 20.5 Å². The van der Waals surface area contributed by atoms with Crippen molar-refractivity contribution < 1.29 is 0 Å². The topological polar surface area (TPSA) is 50.7 Å². The molecule has 0 aliphatic carbocycles. The molecule has 0 aliphatic heterocycles. The Morgan fingerprint density at radius 3 is 2.79 bits per heavy atom. The van der Waals surface area contributed by atoms with Gasteiger partial charge in [-0.25, -0.2) is 0 Å². The molecular formula is C10H10N4.